The van der Waals surface area contributed by atoms with Crippen LogP contribution < -0.4 is 10.2 Å². The van der Waals surface area contributed by atoms with Gasteiger partial charge >= 0.3 is 0 Å². The van der Waals surface area contributed by atoms with Gasteiger partial charge in [0.05, 0.1) is 0 Å². The number of nitrogens with one attached hydrogen (secondary N) is 1. The van der Waals surface area contributed by atoms with Gasteiger partial charge in [-0.2, -0.15) is 0 Å². The molecule has 2 aromatic rings. The quantitative estimate of drug-likeness (QED) is 0.901. The van der Waals surface area contributed by atoms with Crippen molar-refractivity contribution >= 4 is 28.5 Å². The molecule has 0 fully saturated rings. The van der Waals surface area contributed by atoms with Gasteiger partial charge in [0.15, 0.2) is 6.61 Å². The van der Waals surface area contributed by atoms with Crippen LogP contribution in [0.25, 0.3) is 11.0 Å². The summed E-state index contributed by atoms with van der Waals surface area (Å²) < 4.78 is 0. The molecule has 7 heteroatoms. The number of halogens is 1. The summed E-state index contributed by atoms with van der Waals surface area (Å²) in [5.41, 5.74) is 1.29. The first-order valence-electron chi connectivity index (χ1n) is 6.03. The molecule has 1 atom stereocenters. The lowest BCUT2D eigenvalue weighted by Crippen LogP contribution is -2.37. The summed E-state index contributed by atoms with van der Waals surface area (Å²) in [6, 6.07) is 5.27. The Bertz CT molecular complexity index is 584. The smallest absolute Gasteiger partial charge is 0.260 e. The van der Waals surface area contributed by atoms with E-state index in [1.54, 1.807) is 18.2 Å². The molecule has 6 nitrogen and oxygen atoms in total. The van der Waals surface area contributed by atoms with E-state index in [0.29, 0.717) is 16.1 Å². The molecule has 1 aromatic carbocycles. The lowest BCUT2D eigenvalue weighted by molar-refractivity contribution is -0.126. The molecule has 0 spiro atoms. The van der Waals surface area contributed by atoms with Gasteiger partial charge in [0.25, 0.3) is 5.91 Å². The zero-order chi connectivity index (χ0) is 13.8. The van der Waals surface area contributed by atoms with E-state index in [4.69, 9.17) is 16.4 Å². The minimum atomic E-state index is -0.194. The van der Waals surface area contributed by atoms with Crippen LogP contribution in [0.5, 0.6) is 0 Å². The normalized spacial score (nSPS) is 12.4. The molecule has 0 aliphatic heterocycles. The van der Waals surface area contributed by atoms with Crippen molar-refractivity contribution in [3.63, 3.8) is 0 Å². The average Bonchev–Trinajstić information content (AvgIpc) is 2.78. The van der Waals surface area contributed by atoms with E-state index in [9.17, 15) is 4.79 Å². The van der Waals surface area contributed by atoms with Crippen LogP contribution in [-0.2, 0) is 4.79 Å². The van der Waals surface area contributed by atoms with Crippen molar-refractivity contribution in [2.24, 2.45) is 0 Å². The minimum Gasteiger partial charge on any atom is -0.385 e. The maximum absolute atomic E-state index is 11.6. The van der Waals surface area contributed by atoms with E-state index in [2.05, 4.69) is 15.6 Å². The Hall–Kier alpha value is -1.82. The van der Waals surface area contributed by atoms with Gasteiger partial charge in [-0.15, -0.1) is 5.10 Å². The molecule has 0 saturated carbocycles. The van der Waals surface area contributed by atoms with Gasteiger partial charge < -0.3 is 10.2 Å². The molecule has 0 saturated heterocycles. The number of aromatic nitrogens is 3. The summed E-state index contributed by atoms with van der Waals surface area (Å²) in [6.45, 7) is 3.82. The summed E-state index contributed by atoms with van der Waals surface area (Å²) in [6.07, 6.45) is 0.869. The molecule has 19 heavy (non-hydrogen) atoms. The third-order valence-electron chi connectivity index (χ3n) is 2.71. The van der Waals surface area contributed by atoms with Crippen molar-refractivity contribution in [1.29, 1.82) is 0 Å². The summed E-state index contributed by atoms with van der Waals surface area (Å²) in [7, 11) is 0. The second kappa shape index (κ2) is 5.88. The van der Waals surface area contributed by atoms with Crippen molar-refractivity contribution in [3.05, 3.63) is 23.2 Å². The van der Waals surface area contributed by atoms with Crippen LogP contribution in [0.3, 0.4) is 0 Å². The molecule has 0 bridgehead atoms. The molecular formula is C12H15ClN4O2. The summed E-state index contributed by atoms with van der Waals surface area (Å²) in [5.74, 6) is -0.194. The second-order valence-corrected chi connectivity index (χ2v) is 4.68. The highest BCUT2D eigenvalue weighted by Gasteiger charge is 2.09. The predicted molar refractivity (Wildman–Crippen MR) is 71.9 cm³/mol. The zero-order valence-electron chi connectivity index (χ0n) is 10.8. The number of fused-ring (bicyclic) bond motifs is 1. The van der Waals surface area contributed by atoms with E-state index in [1.807, 2.05) is 13.8 Å². The van der Waals surface area contributed by atoms with Crippen molar-refractivity contribution < 1.29 is 9.63 Å². The molecular weight excluding hydrogens is 268 g/mol. The van der Waals surface area contributed by atoms with E-state index in [1.165, 1.54) is 4.85 Å². The van der Waals surface area contributed by atoms with Crippen molar-refractivity contribution in [2.45, 2.75) is 26.3 Å². The third-order valence-corrected chi connectivity index (χ3v) is 2.95. The molecule has 1 aromatic heterocycles. The average molecular weight is 283 g/mol. The lowest BCUT2D eigenvalue weighted by atomic mass is 10.2. The molecule has 0 aliphatic rings. The molecule has 1 N–H and O–H groups in total. The van der Waals surface area contributed by atoms with Crippen LogP contribution in [0.1, 0.15) is 20.3 Å². The first kappa shape index (κ1) is 13.6. The number of carbonyl (C=O) groups is 1. The van der Waals surface area contributed by atoms with Crippen LogP contribution >= 0.6 is 11.6 Å². The summed E-state index contributed by atoms with van der Waals surface area (Å²) in [4.78, 5) is 18.1. The number of nitrogens with zero attached hydrogens (tertiary/aromatic N) is 3. The Kier molecular flexibility index (Phi) is 4.21. The highest BCUT2D eigenvalue weighted by molar-refractivity contribution is 6.31. The standard InChI is InChI=1S/C12H15ClN4O2/c1-3-8(2)14-12(18)7-19-17-11-6-9(13)4-5-10(11)15-16-17/h4-6,8H,3,7H2,1-2H3,(H,14,18). The van der Waals surface area contributed by atoms with E-state index >= 15 is 0 Å². The fourth-order valence-electron chi connectivity index (χ4n) is 1.51. The van der Waals surface area contributed by atoms with Crippen LogP contribution in [0.4, 0.5) is 0 Å². The Balaban J connectivity index is 2.02. The second-order valence-electron chi connectivity index (χ2n) is 4.25. The van der Waals surface area contributed by atoms with Crippen molar-refractivity contribution in [2.75, 3.05) is 6.61 Å². The molecule has 1 amide bonds. The van der Waals surface area contributed by atoms with Gasteiger partial charge in [0.2, 0.25) is 0 Å². The monoisotopic (exact) mass is 282 g/mol. The number of amides is 1. The largest absolute Gasteiger partial charge is 0.385 e. The van der Waals surface area contributed by atoms with Crippen LogP contribution in [0, 0.1) is 0 Å². The topological polar surface area (TPSA) is 69.0 Å². The fraction of sp³-hybridized carbons (Fsp3) is 0.417. The molecule has 0 aliphatic carbocycles. The molecule has 2 rings (SSSR count). The predicted octanol–water partition coefficient (Wildman–Crippen LogP) is 1.43. The summed E-state index contributed by atoms with van der Waals surface area (Å²) >= 11 is 5.89. The third kappa shape index (κ3) is 3.35. The van der Waals surface area contributed by atoms with E-state index < -0.39 is 0 Å². The van der Waals surface area contributed by atoms with Crippen molar-refractivity contribution in [3.8, 4) is 0 Å². The Morgan fingerprint density at radius 3 is 3.11 bits per heavy atom. The van der Waals surface area contributed by atoms with E-state index in [-0.39, 0.29) is 18.6 Å². The van der Waals surface area contributed by atoms with Crippen molar-refractivity contribution in [1.82, 2.24) is 20.5 Å². The molecule has 102 valence electrons. The van der Waals surface area contributed by atoms with Crippen LogP contribution in [-0.4, -0.2) is 33.7 Å². The van der Waals surface area contributed by atoms with E-state index in [0.717, 1.165) is 6.42 Å². The highest BCUT2D eigenvalue weighted by Crippen LogP contribution is 2.16. The van der Waals surface area contributed by atoms with Crippen LogP contribution in [0.15, 0.2) is 18.2 Å². The highest BCUT2D eigenvalue weighted by atomic mass is 35.5. The molecule has 1 heterocycles. The molecule has 0 radical (unpaired) electrons. The minimum absolute atomic E-state index is 0.116. The van der Waals surface area contributed by atoms with Gasteiger partial charge in [0.1, 0.15) is 11.0 Å². The number of rotatable bonds is 5. The fourth-order valence-corrected chi connectivity index (χ4v) is 1.67. The number of benzene rings is 1. The lowest BCUT2D eigenvalue weighted by Gasteiger charge is -2.11. The van der Waals surface area contributed by atoms with Gasteiger partial charge in [-0.3, -0.25) is 4.79 Å². The van der Waals surface area contributed by atoms with Gasteiger partial charge in [-0.05, 0) is 36.8 Å². The van der Waals surface area contributed by atoms with Crippen LogP contribution in [0.2, 0.25) is 5.02 Å². The zero-order valence-corrected chi connectivity index (χ0v) is 11.5. The summed E-state index contributed by atoms with van der Waals surface area (Å²) in [5, 5.41) is 11.1. The van der Waals surface area contributed by atoms with Gasteiger partial charge in [0, 0.05) is 11.1 Å². The maximum Gasteiger partial charge on any atom is 0.260 e. The Labute approximate surface area is 115 Å². The van der Waals surface area contributed by atoms with Gasteiger partial charge in [-0.1, -0.05) is 23.4 Å². The first-order valence-corrected chi connectivity index (χ1v) is 6.41. The SMILES string of the molecule is CCC(C)NC(=O)COn1nnc2ccc(Cl)cc21. The number of hydrogen-bond donors (Lipinski definition) is 1. The Morgan fingerprint density at radius 1 is 1.58 bits per heavy atom. The number of hydrogen-bond acceptors (Lipinski definition) is 4. The number of carbonyl (C=O) groups excluding carboxylic acids is 1. The maximum atomic E-state index is 11.6. The van der Waals surface area contributed by atoms with Gasteiger partial charge in [-0.25, -0.2) is 0 Å². The molecule has 1 unspecified atom stereocenters. The first-order chi connectivity index (χ1) is 9.10. The Morgan fingerprint density at radius 2 is 2.37 bits per heavy atom.